The first-order valence-corrected chi connectivity index (χ1v) is 6.79. The topological polar surface area (TPSA) is 21.7 Å². The molecule has 2 unspecified atom stereocenters. The van der Waals surface area contributed by atoms with E-state index in [4.69, 9.17) is 4.74 Å². The van der Waals surface area contributed by atoms with E-state index in [-0.39, 0.29) is 11.8 Å². The second kappa shape index (κ2) is 5.35. The molecule has 0 N–H and O–H groups in total. The molecule has 3 rings (SSSR count). The molecule has 2 heterocycles. The van der Waals surface area contributed by atoms with E-state index in [2.05, 4.69) is 22.8 Å². The van der Waals surface area contributed by atoms with Crippen molar-refractivity contribution < 1.29 is 22.6 Å². The van der Waals surface area contributed by atoms with Gasteiger partial charge in [-0.05, 0) is 36.7 Å². The second-order valence-corrected chi connectivity index (χ2v) is 5.39. The van der Waals surface area contributed by atoms with Crippen LogP contribution in [-0.2, 0) is 4.74 Å². The molecular weight excluding hydrogens is 283 g/mol. The van der Waals surface area contributed by atoms with Gasteiger partial charge in [-0.25, -0.2) is 0 Å². The van der Waals surface area contributed by atoms with E-state index in [0.717, 1.165) is 17.6 Å². The maximum Gasteiger partial charge on any atom is 0.573 e. The summed E-state index contributed by atoms with van der Waals surface area (Å²) in [5.41, 5.74) is 2.10. The number of fused-ring (bicyclic) bond motifs is 2. The molecular formula is C15H16F3NO2. The molecule has 2 aliphatic rings. The van der Waals surface area contributed by atoms with Crippen molar-refractivity contribution in [2.45, 2.75) is 24.9 Å². The number of hydrogen-bond acceptors (Lipinski definition) is 3. The summed E-state index contributed by atoms with van der Waals surface area (Å²) in [4.78, 5) is 2.29. The first-order valence-electron chi connectivity index (χ1n) is 6.79. The molecule has 1 aromatic carbocycles. The summed E-state index contributed by atoms with van der Waals surface area (Å²) in [5.74, 6) is -0.191. The highest BCUT2D eigenvalue weighted by molar-refractivity contribution is 5.68. The zero-order valence-corrected chi connectivity index (χ0v) is 11.6. The number of benzene rings is 1. The number of alkyl halides is 3. The lowest BCUT2D eigenvalue weighted by atomic mass is 9.90. The van der Waals surface area contributed by atoms with Crippen LogP contribution in [0.5, 0.6) is 5.75 Å². The number of hydrogen-bond donors (Lipinski definition) is 0. The summed E-state index contributed by atoms with van der Waals surface area (Å²) >= 11 is 0. The lowest BCUT2D eigenvalue weighted by Gasteiger charge is -2.42. The van der Waals surface area contributed by atoms with Gasteiger partial charge in [0, 0.05) is 6.04 Å². The van der Waals surface area contributed by atoms with Crippen molar-refractivity contribution in [2.75, 3.05) is 20.3 Å². The summed E-state index contributed by atoms with van der Waals surface area (Å²) in [7, 11) is 2.07. The zero-order valence-electron chi connectivity index (χ0n) is 11.6. The summed E-state index contributed by atoms with van der Waals surface area (Å²) in [6.45, 7) is 1.35. The highest BCUT2D eigenvalue weighted by Gasteiger charge is 2.33. The molecule has 0 saturated carbocycles. The quantitative estimate of drug-likeness (QED) is 0.838. The molecule has 6 heteroatoms. The van der Waals surface area contributed by atoms with E-state index in [1.165, 1.54) is 12.1 Å². The molecule has 0 aromatic heterocycles. The molecule has 1 aromatic rings. The van der Waals surface area contributed by atoms with Crippen LogP contribution in [0.1, 0.15) is 12.0 Å². The highest BCUT2D eigenvalue weighted by Crippen LogP contribution is 2.32. The van der Waals surface area contributed by atoms with Crippen LogP contribution < -0.4 is 4.74 Å². The third kappa shape index (κ3) is 3.22. The molecule has 114 valence electrons. The van der Waals surface area contributed by atoms with Gasteiger partial charge in [0.15, 0.2) is 0 Å². The molecule has 0 amide bonds. The Bertz CT molecular complexity index is 539. The molecule has 2 aliphatic heterocycles. The number of halogens is 3. The summed E-state index contributed by atoms with van der Waals surface area (Å²) < 4.78 is 45.8. The van der Waals surface area contributed by atoms with E-state index < -0.39 is 6.36 Å². The number of ether oxygens (including phenoxy) is 2. The van der Waals surface area contributed by atoms with Gasteiger partial charge in [-0.2, -0.15) is 0 Å². The molecule has 21 heavy (non-hydrogen) atoms. The number of likely N-dealkylation sites (N-methyl/N-ethyl adjacent to an activating group) is 1. The number of morpholine rings is 1. The zero-order chi connectivity index (χ0) is 15.0. The normalized spacial score (nSPS) is 26.4. The van der Waals surface area contributed by atoms with E-state index >= 15 is 0 Å². The van der Waals surface area contributed by atoms with E-state index in [0.29, 0.717) is 19.3 Å². The van der Waals surface area contributed by atoms with Crippen LogP contribution in [-0.4, -0.2) is 43.6 Å². The van der Waals surface area contributed by atoms with Gasteiger partial charge >= 0.3 is 6.36 Å². The first kappa shape index (κ1) is 14.4. The SMILES string of the molecule is CN1C2C=C(c3ccc(OC(F)(F)F)cc3)CC1COC2. The highest BCUT2D eigenvalue weighted by atomic mass is 19.4. The predicted molar refractivity (Wildman–Crippen MR) is 71.9 cm³/mol. The summed E-state index contributed by atoms with van der Waals surface area (Å²) in [6.07, 6.45) is -1.68. The fourth-order valence-corrected chi connectivity index (χ4v) is 2.84. The minimum atomic E-state index is -4.65. The minimum absolute atomic E-state index is 0.191. The molecule has 3 nitrogen and oxygen atoms in total. The van der Waals surface area contributed by atoms with Gasteiger partial charge in [-0.1, -0.05) is 18.2 Å². The average molecular weight is 299 g/mol. The number of nitrogens with zero attached hydrogens (tertiary/aromatic N) is 1. The van der Waals surface area contributed by atoms with Gasteiger partial charge in [0.25, 0.3) is 0 Å². The van der Waals surface area contributed by atoms with Crippen molar-refractivity contribution in [1.82, 2.24) is 4.90 Å². The molecule has 0 radical (unpaired) electrons. The monoisotopic (exact) mass is 299 g/mol. The molecule has 0 aliphatic carbocycles. The molecule has 1 saturated heterocycles. The van der Waals surface area contributed by atoms with Crippen molar-refractivity contribution >= 4 is 5.57 Å². The Labute approximate surface area is 120 Å². The third-order valence-electron chi connectivity index (χ3n) is 4.01. The first-order chi connectivity index (χ1) is 9.92. The largest absolute Gasteiger partial charge is 0.573 e. The van der Waals surface area contributed by atoms with Crippen LogP contribution in [0.4, 0.5) is 13.2 Å². The van der Waals surface area contributed by atoms with Crippen LogP contribution >= 0.6 is 0 Å². The Hall–Kier alpha value is -1.53. The van der Waals surface area contributed by atoms with Crippen LogP contribution in [0.3, 0.4) is 0 Å². The lowest BCUT2D eigenvalue weighted by Crippen LogP contribution is -2.51. The third-order valence-corrected chi connectivity index (χ3v) is 4.01. The molecule has 0 spiro atoms. The molecule has 1 fully saturated rings. The smallest absolute Gasteiger partial charge is 0.406 e. The Balaban J connectivity index is 1.78. The Morgan fingerprint density at radius 1 is 1.19 bits per heavy atom. The molecule has 2 atom stereocenters. The van der Waals surface area contributed by atoms with Crippen LogP contribution in [0.15, 0.2) is 30.3 Å². The van der Waals surface area contributed by atoms with Crippen molar-refractivity contribution in [3.05, 3.63) is 35.9 Å². The fraction of sp³-hybridized carbons (Fsp3) is 0.467. The van der Waals surface area contributed by atoms with Crippen LogP contribution in [0.2, 0.25) is 0 Å². The predicted octanol–water partition coefficient (Wildman–Crippen LogP) is 3.07. The van der Waals surface area contributed by atoms with Gasteiger partial charge in [-0.3, -0.25) is 4.90 Å². The standard InChI is InChI=1S/C15H16F3NO2/c1-19-12-6-11(7-13(19)9-20-8-12)10-2-4-14(5-3-10)21-15(16,17)18/h2-6,12-13H,7-9H2,1H3. The molecule has 2 bridgehead atoms. The van der Waals surface area contributed by atoms with Crippen molar-refractivity contribution in [2.24, 2.45) is 0 Å². The lowest BCUT2D eigenvalue weighted by molar-refractivity contribution is -0.274. The van der Waals surface area contributed by atoms with Gasteiger partial charge in [0.05, 0.1) is 19.3 Å². The maximum atomic E-state index is 12.1. The number of rotatable bonds is 2. The van der Waals surface area contributed by atoms with Gasteiger partial charge in [0.2, 0.25) is 0 Å². The van der Waals surface area contributed by atoms with Crippen LogP contribution in [0, 0.1) is 0 Å². The summed E-state index contributed by atoms with van der Waals surface area (Å²) in [5, 5.41) is 0. The van der Waals surface area contributed by atoms with E-state index in [9.17, 15) is 13.2 Å². The van der Waals surface area contributed by atoms with E-state index in [1.807, 2.05) is 0 Å². The Morgan fingerprint density at radius 3 is 2.52 bits per heavy atom. The maximum absolute atomic E-state index is 12.1. The van der Waals surface area contributed by atoms with E-state index in [1.54, 1.807) is 12.1 Å². The van der Waals surface area contributed by atoms with Gasteiger partial charge in [0.1, 0.15) is 5.75 Å². The fourth-order valence-electron chi connectivity index (χ4n) is 2.84. The average Bonchev–Trinajstić information content (AvgIpc) is 2.37. The van der Waals surface area contributed by atoms with Crippen molar-refractivity contribution in [3.8, 4) is 5.75 Å². The van der Waals surface area contributed by atoms with Gasteiger partial charge < -0.3 is 9.47 Å². The summed E-state index contributed by atoms with van der Waals surface area (Å²) in [6, 6.07) is 6.63. The Kier molecular flexibility index (Phi) is 3.67. The van der Waals surface area contributed by atoms with Gasteiger partial charge in [-0.15, -0.1) is 13.2 Å². The van der Waals surface area contributed by atoms with Crippen molar-refractivity contribution in [3.63, 3.8) is 0 Å². The van der Waals surface area contributed by atoms with Crippen LogP contribution in [0.25, 0.3) is 5.57 Å². The van der Waals surface area contributed by atoms with Crippen molar-refractivity contribution in [1.29, 1.82) is 0 Å². The minimum Gasteiger partial charge on any atom is -0.406 e. The Morgan fingerprint density at radius 2 is 1.90 bits per heavy atom. The second-order valence-electron chi connectivity index (χ2n) is 5.39.